The first-order chi connectivity index (χ1) is 13.8. The van der Waals surface area contributed by atoms with E-state index in [1.165, 1.54) is 43.8 Å². The molecular formula is C21H24N2O5S. The normalized spacial score (nSPS) is 17.1. The number of carbonyl (C=O) groups is 2. The van der Waals surface area contributed by atoms with Crippen molar-refractivity contribution in [1.29, 1.82) is 0 Å². The maximum absolute atomic E-state index is 12.6. The van der Waals surface area contributed by atoms with E-state index in [1.54, 1.807) is 0 Å². The Bertz CT molecular complexity index is 1020. The molecule has 1 aliphatic carbocycles. The molecule has 0 fully saturated rings. The van der Waals surface area contributed by atoms with Crippen LogP contribution in [0.4, 0.5) is 0 Å². The van der Waals surface area contributed by atoms with E-state index in [4.69, 9.17) is 4.74 Å². The van der Waals surface area contributed by atoms with Gasteiger partial charge in [0.1, 0.15) is 0 Å². The molecule has 7 nitrogen and oxygen atoms in total. The lowest BCUT2D eigenvalue weighted by Gasteiger charge is -2.27. The van der Waals surface area contributed by atoms with Gasteiger partial charge in [-0.3, -0.25) is 4.79 Å². The molecule has 0 unspecified atom stereocenters. The summed E-state index contributed by atoms with van der Waals surface area (Å²) in [5.41, 5.74) is 2.37. The molecule has 0 spiro atoms. The molecule has 0 heterocycles. The van der Waals surface area contributed by atoms with Crippen LogP contribution in [0, 0.1) is 0 Å². The van der Waals surface area contributed by atoms with Gasteiger partial charge in [0.15, 0.2) is 6.10 Å². The lowest BCUT2D eigenvalue weighted by atomic mass is 9.87. The maximum Gasteiger partial charge on any atom is 0.338 e. The number of aryl methyl sites for hydroxylation is 1. The molecule has 8 heteroatoms. The minimum absolute atomic E-state index is 0.0506. The number of fused-ring (bicyclic) bond motifs is 1. The predicted molar refractivity (Wildman–Crippen MR) is 108 cm³/mol. The van der Waals surface area contributed by atoms with Crippen molar-refractivity contribution in [3.05, 3.63) is 65.2 Å². The topological polar surface area (TPSA) is 102 Å². The van der Waals surface area contributed by atoms with Crippen molar-refractivity contribution >= 4 is 21.9 Å². The van der Waals surface area contributed by atoms with Crippen LogP contribution >= 0.6 is 0 Å². The molecule has 3 rings (SSSR count). The molecule has 1 aliphatic rings. The number of hydrogen-bond acceptors (Lipinski definition) is 5. The molecule has 0 radical (unpaired) electrons. The highest BCUT2D eigenvalue weighted by molar-refractivity contribution is 7.89. The van der Waals surface area contributed by atoms with Gasteiger partial charge in [0.25, 0.3) is 5.91 Å². The Morgan fingerprint density at radius 3 is 2.66 bits per heavy atom. The third-order valence-corrected chi connectivity index (χ3v) is 6.40. The molecule has 0 saturated heterocycles. The summed E-state index contributed by atoms with van der Waals surface area (Å²) >= 11 is 0. The van der Waals surface area contributed by atoms with Crippen molar-refractivity contribution in [2.24, 2.45) is 0 Å². The fraction of sp³-hybridized carbons (Fsp3) is 0.333. The van der Waals surface area contributed by atoms with Crippen LogP contribution in [0.25, 0.3) is 0 Å². The van der Waals surface area contributed by atoms with Gasteiger partial charge < -0.3 is 10.1 Å². The lowest BCUT2D eigenvalue weighted by Crippen LogP contribution is -2.39. The summed E-state index contributed by atoms with van der Waals surface area (Å²) in [6.45, 7) is 1.50. The van der Waals surface area contributed by atoms with Gasteiger partial charge in [-0.2, -0.15) is 0 Å². The molecule has 29 heavy (non-hydrogen) atoms. The fourth-order valence-electron chi connectivity index (χ4n) is 3.38. The van der Waals surface area contributed by atoms with Crippen molar-refractivity contribution in [2.45, 2.75) is 43.2 Å². The number of amides is 1. The smallest absolute Gasteiger partial charge is 0.338 e. The molecule has 0 aliphatic heterocycles. The summed E-state index contributed by atoms with van der Waals surface area (Å²) in [7, 11) is -2.40. The van der Waals surface area contributed by atoms with Gasteiger partial charge in [-0.1, -0.05) is 30.3 Å². The Hall–Kier alpha value is -2.71. The summed E-state index contributed by atoms with van der Waals surface area (Å²) < 4.78 is 31.3. The average Bonchev–Trinajstić information content (AvgIpc) is 2.74. The molecule has 0 aromatic heterocycles. The molecule has 0 bridgehead atoms. The number of esters is 1. The van der Waals surface area contributed by atoms with Crippen LogP contribution in [-0.4, -0.2) is 33.4 Å². The van der Waals surface area contributed by atoms with Crippen molar-refractivity contribution < 1.29 is 22.7 Å². The second kappa shape index (κ2) is 8.75. The SMILES string of the molecule is CNS(=O)(=O)c1cccc(C(=O)O[C@H](C)C(=O)N[C@H]2CCCc3ccccc32)c1. The molecule has 2 aromatic rings. The number of ether oxygens (including phenoxy) is 1. The minimum atomic E-state index is -3.68. The second-order valence-corrected chi connectivity index (χ2v) is 8.82. The Labute approximate surface area is 170 Å². The monoisotopic (exact) mass is 416 g/mol. The van der Waals surface area contributed by atoms with Crippen LogP contribution < -0.4 is 10.0 Å². The minimum Gasteiger partial charge on any atom is -0.449 e. The molecular weight excluding hydrogens is 392 g/mol. The zero-order chi connectivity index (χ0) is 21.0. The Balaban J connectivity index is 1.66. The molecule has 2 aromatic carbocycles. The van der Waals surface area contributed by atoms with Crippen LogP contribution in [0.5, 0.6) is 0 Å². The van der Waals surface area contributed by atoms with E-state index in [0.29, 0.717) is 0 Å². The second-order valence-electron chi connectivity index (χ2n) is 6.94. The number of nitrogens with one attached hydrogen (secondary N) is 2. The van der Waals surface area contributed by atoms with Crippen molar-refractivity contribution in [1.82, 2.24) is 10.0 Å². The van der Waals surface area contributed by atoms with E-state index in [9.17, 15) is 18.0 Å². The zero-order valence-electron chi connectivity index (χ0n) is 16.3. The van der Waals surface area contributed by atoms with Gasteiger partial charge in [0.05, 0.1) is 16.5 Å². The largest absolute Gasteiger partial charge is 0.449 e. The molecule has 154 valence electrons. The summed E-state index contributed by atoms with van der Waals surface area (Å²) in [6, 6.07) is 13.4. The van der Waals surface area contributed by atoms with Gasteiger partial charge >= 0.3 is 5.97 Å². The van der Waals surface area contributed by atoms with Gasteiger partial charge in [-0.15, -0.1) is 0 Å². The number of carbonyl (C=O) groups excluding carboxylic acids is 2. The van der Waals surface area contributed by atoms with E-state index in [2.05, 4.69) is 16.1 Å². The first kappa shape index (κ1) is 21.0. The van der Waals surface area contributed by atoms with Crippen LogP contribution in [0.2, 0.25) is 0 Å². The number of sulfonamides is 1. The first-order valence-electron chi connectivity index (χ1n) is 9.44. The van der Waals surface area contributed by atoms with Crippen LogP contribution in [0.1, 0.15) is 47.3 Å². The number of benzene rings is 2. The van der Waals surface area contributed by atoms with Crippen molar-refractivity contribution in [2.75, 3.05) is 7.05 Å². The number of rotatable bonds is 6. The molecule has 2 atom stereocenters. The number of hydrogen-bond donors (Lipinski definition) is 2. The fourth-order valence-corrected chi connectivity index (χ4v) is 4.16. The molecule has 1 amide bonds. The molecule has 0 saturated carbocycles. The van der Waals surface area contributed by atoms with Gasteiger partial charge in [-0.05, 0) is 62.6 Å². The summed E-state index contributed by atoms with van der Waals surface area (Å²) in [5, 5.41) is 2.95. The quantitative estimate of drug-likeness (QED) is 0.704. The Kier molecular flexibility index (Phi) is 6.34. The van der Waals surface area contributed by atoms with E-state index in [0.717, 1.165) is 24.8 Å². The summed E-state index contributed by atoms with van der Waals surface area (Å²) in [6.07, 6.45) is 1.77. The highest BCUT2D eigenvalue weighted by Gasteiger charge is 2.26. The summed E-state index contributed by atoms with van der Waals surface area (Å²) in [5.74, 6) is -1.15. The predicted octanol–water partition coefficient (Wildman–Crippen LogP) is 2.33. The van der Waals surface area contributed by atoms with Crippen molar-refractivity contribution in [3.8, 4) is 0 Å². The van der Waals surface area contributed by atoms with Crippen LogP contribution in [0.15, 0.2) is 53.4 Å². The third-order valence-electron chi connectivity index (χ3n) is 4.99. The highest BCUT2D eigenvalue weighted by atomic mass is 32.2. The van der Waals surface area contributed by atoms with Crippen LogP contribution in [-0.2, 0) is 26.0 Å². The van der Waals surface area contributed by atoms with Crippen LogP contribution in [0.3, 0.4) is 0 Å². The van der Waals surface area contributed by atoms with E-state index < -0.39 is 22.1 Å². The Morgan fingerprint density at radius 1 is 1.14 bits per heavy atom. The third kappa shape index (κ3) is 4.83. The average molecular weight is 416 g/mol. The standard InChI is InChI=1S/C21H24N2O5S/c1-14(20(24)23-19-12-6-8-15-7-3-4-11-18(15)19)28-21(25)16-9-5-10-17(13-16)29(26,27)22-2/h3-5,7,9-11,13-14,19,22H,6,8,12H2,1-2H3,(H,23,24)/t14-,19+/m1/s1. The maximum atomic E-state index is 12.6. The van der Waals surface area contributed by atoms with E-state index in [1.807, 2.05) is 18.2 Å². The summed E-state index contributed by atoms with van der Waals surface area (Å²) in [4.78, 5) is 24.9. The highest BCUT2D eigenvalue weighted by Crippen LogP contribution is 2.29. The molecule has 2 N–H and O–H groups in total. The van der Waals surface area contributed by atoms with E-state index in [-0.39, 0.29) is 22.4 Å². The Morgan fingerprint density at radius 2 is 1.90 bits per heavy atom. The van der Waals surface area contributed by atoms with E-state index >= 15 is 0 Å². The van der Waals surface area contributed by atoms with Gasteiger partial charge in [0.2, 0.25) is 10.0 Å². The van der Waals surface area contributed by atoms with Gasteiger partial charge in [-0.25, -0.2) is 17.9 Å². The lowest BCUT2D eigenvalue weighted by molar-refractivity contribution is -0.130. The van der Waals surface area contributed by atoms with Crippen molar-refractivity contribution in [3.63, 3.8) is 0 Å². The van der Waals surface area contributed by atoms with Gasteiger partial charge in [0, 0.05) is 0 Å². The zero-order valence-corrected chi connectivity index (χ0v) is 17.2. The first-order valence-corrected chi connectivity index (χ1v) is 10.9.